The van der Waals surface area contributed by atoms with Crippen LogP contribution in [0.2, 0.25) is 0 Å². The predicted molar refractivity (Wildman–Crippen MR) is 80.7 cm³/mol. The van der Waals surface area contributed by atoms with Crippen LogP contribution in [0.15, 0.2) is 30.6 Å². The molecule has 0 bridgehead atoms. The van der Waals surface area contributed by atoms with Crippen molar-refractivity contribution in [3.63, 3.8) is 0 Å². The first kappa shape index (κ1) is 15.5. The Kier molecular flexibility index (Phi) is 4.92. The molecule has 122 valence electrons. The van der Waals surface area contributed by atoms with Gasteiger partial charge in [0.1, 0.15) is 18.7 Å². The van der Waals surface area contributed by atoms with E-state index in [-0.39, 0.29) is 24.3 Å². The van der Waals surface area contributed by atoms with Crippen molar-refractivity contribution in [2.24, 2.45) is 0 Å². The second-order valence-electron chi connectivity index (χ2n) is 5.72. The number of benzene rings is 1. The van der Waals surface area contributed by atoms with Crippen molar-refractivity contribution in [2.75, 3.05) is 13.1 Å². The van der Waals surface area contributed by atoms with Gasteiger partial charge in [0.05, 0.1) is 0 Å². The Bertz CT molecular complexity index is 639. The van der Waals surface area contributed by atoms with Gasteiger partial charge in [-0.1, -0.05) is 18.2 Å². The lowest BCUT2D eigenvalue weighted by Crippen LogP contribution is -2.45. The first-order chi connectivity index (χ1) is 11.2. The first-order valence-electron chi connectivity index (χ1n) is 7.66. The van der Waals surface area contributed by atoms with Crippen molar-refractivity contribution in [1.82, 2.24) is 30.4 Å². The molecule has 0 atom stereocenters. The molecule has 7 nitrogen and oxygen atoms in total. The van der Waals surface area contributed by atoms with Crippen LogP contribution >= 0.6 is 0 Å². The molecule has 0 spiro atoms. The van der Waals surface area contributed by atoms with Crippen LogP contribution in [-0.4, -0.2) is 50.1 Å². The molecule has 0 saturated carbocycles. The summed E-state index contributed by atoms with van der Waals surface area (Å²) in [6.45, 7) is 2.41. The molecule has 2 aromatic rings. The van der Waals surface area contributed by atoms with E-state index >= 15 is 0 Å². The van der Waals surface area contributed by atoms with Crippen LogP contribution in [0.5, 0.6) is 0 Å². The number of carbonyl (C=O) groups excluding carboxylic acids is 1. The first-order valence-corrected chi connectivity index (χ1v) is 7.66. The summed E-state index contributed by atoms with van der Waals surface area (Å²) in [6, 6.07) is 7.00. The minimum absolute atomic E-state index is 0.0927. The molecule has 1 aliphatic heterocycles. The lowest BCUT2D eigenvalue weighted by molar-refractivity contribution is -0.122. The quantitative estimate of drug-likeness (QED) is 0.873. The summed E-state index contributed by atoms with van der Waals surface area (Å²) in [4.78, 5) is 14.1. The summed E-state index contributed by atoms with van der Waals surface area (Å²) >= 11 is 0. The number of hydrogen-bond acceptors (Lipinski definition) is 5. The molecule has 2 heterocycles. The number of likely N-dealkylation sites (tertiary alicyclic amines) is 1. The zero-order valence-corrected chi connectivity index (χ0v) is 12.7. The fourth-order valence-corrected chi connectivity index (χ4v) is 2.78. The molecule has 1 amide bonds. The molecule has 1 aromatic carbocycles. The number of piperidine rings is 1. The van der Waals surface area contributed by atoms with Gasteiger partial charge in [-0.3, -0.25) is 9.69 Å². The van der Waals surface area contributed by atoms with E-state index in [1.165, 1.54) is 17.1 Å². The molecular weight excluding hydrogens is 299 g/mol. The lowest BCUT2D eigenvalue weighted by atomic mass is 10.0. The summed E-state index contributed by atoms with van der Waals surface area (Å²) in [7, 11) is 0. The van der Waals surface area contributed by atoms with Gasteiger partial charge in [-0.2, -0.15) is 0 Å². The number of rotatable bonds is 5. The van der Waals surface area contributed by atoms with Gasteiger partial charge < -0.3 is 5.32 Å². The van der Waals surface area contributed by atoms with Crippen LogP contribution in [0.3, 0.4) is 0 Å². The Morgan fingerprint density at radius 3 is 2.78 bits per heavy atom. The highest BCUT2D eigenvalue weighted by Crippen LogP contribution is 2.15. The summed E-state index contributed by atoms with van der Waals surface area (Å²) in [5.41, 5.74) is 0.716. The number of tetrazole rings is 1. The number of aromatic nitrogens is 4. The van der Waals surface area contributed by atoms with Gasteiger partial charge in [0.15, 0.2) is 0 Å². The van der Waals surface area contributed by atoms with Gasteiger partial charge in [-0.25, -0.2) is 9.07 Å². The average molecular weight is 318 g/mol. The van der Waals surface area contributed by atoms with Crippen molar-refractivity contribution in [1.29, 1.82) is 0 Å². The van der Waals surface area contributed by atoms with E-state index < -0.39 is 0 Å². The predicted octanol–water partition coefficient (Wildman–Crippen LogP) is 0.593. The molecule has 0 aliphatic carbocycles. The third-order valence-corrected chi connectivity index (χ3v) is 4.00. The Morgan fingerprint density at radius 1 is 1.30 bits per heavy atom. The topological polar surface area (TPSA) is 75.9 Å². The SMILES string of the molecule is O=C(Cn1cnnn1)NC1CCN(Cc2ccccc2F)CC1. The number of nitrogens with zero attached hydrogens (tertiary/aromatic N) is 5. The maximum absolute atomic E-state index is 13.7. The normalized spacial score (nSPS) is 16.4. The van der Waals surface area contributed by atoms with Gasteiger partial charge in [0.25, 0.3) is 0 Å². The molecule has 1 saturated heterocycles. The number of amides is 1. The van der Waals surface area contributed by atoms with Crippen molar-refractivity contribution in [3.05, 3.63) is 42.0 Å². The van der Waals surface area contributed by atoms with E-state index in [1.54, 1.807) is 6.07 Å². The highest BCUT2D eigenvalue weighted by molar-refractivity contribution is 5.75. The summed E-state index contributed by atoms with van der Waals surface area (Å²) in [5, 5.41) is 13.7. The maximum atomic E-state index is 13.7. The van der Waals surface area contributed by atoms with E-state index in [9.17, 15) is 9.18 Å². The third kappa shape index (κ3) is 4.32. The van der Waals surface area contributed by atoms with Crippen LogP contribution < -0.4 is 5.32 Å². The molecule has 8 heteroatoms. The van der Waals surface area contributed by atoms with Crippen LogP contribution in [-0.2, 0) is 17.9 Å². The maximum Gasteiger partial charge on any atom is 0.242 e. The second-order valence-corrected chi connectivity index (χ2v) is 5.72. The fourth-order valence-electron chi connectivity index (χ4n) is 2.78. The highest BCUT2D eigenvalue weighted by Gasteiger charge is 2.21. The monoisotopic (exact) mass is 318 g/mol. The number of nitrogens with one attached hydrogen (secondary N) is 1. The van der Waals surface area contributed by atoms with Crippen LogP contribution in [0.25, 0.3) is 0 Å². The average Bonchev–Trinajstić information content (AvgIpc) is 3.04. The Morgan fingerprint density at radius 2 is 2.09 bits per heavy atom. The van der Waals surface area contributed by atoms with Crippen molar-refractivity contribution in [2.45, 2.75) is 32.0 Å². The molecule has 23 heavy (non-hydrogen) atoms. The summed E-state index contributed by atoms with van der Waals surface area (Å²) < 4.78 is 15.1. The van der Waals surface area contributed by atoms with Gasteiger partial charge in [-0.15, -0.1) is 5.10 Å². The summed E-state index contributed by atoms with van der Waals surface area (Å²) in [6.07, 6.45) is 3.13. The molecule has 1 aliphatic rings. The standard InChI is InChI=1S/C15H19FN6O/c16-14-4-2-1-3-12(14)9-21-7-5-13(6-8-21)18-15(23)10-22-11-17-19-20-22/h1-4,11,13H,5-10H2,(H,18,23). The number of halogens is 1. The van der Waals surface area contributed by atoms with Gasteiger partial charge in [-0.05, 0) is 29.3 Å². The van der Waals surface area contributed by atoms with E-state index in [4.69, 9.17) is 0 Å². The molecular formula is C15H19FN6O. The van der Waals surface area contributed by atoms with Crippen LogP contribution in [0.4, 0.5) is 4.39 Å². The minimum Gasteiger partial charge on any atom is -0.352 e. The van der Waals surface area contributed by atoms with Gasteiger partial charge in [0.2, 0.25) is 5.91 Å². The molecule has 1 fully saturated rings. The van der Waals surface area contributed by atoms with Gasteiger partial charge >= 0.3 is 0 Å². The molecule has 0 radical (unpaired) electrons. The Labute approximate surface area is 133 Å². The van der Waals surface area contributed by atoms with E-state index in [2.05, 4.69) is 25.7 Å². The van der Waals surface area contributed by atoms with Crippen molar-refractivity contribution < 1.29 is 9.18 Å². The smallest absolute Gasteiger partial charge is 0.242 e. The van der Waals surface area contributed by atoms with Gasteiger partial charge in [0, 0.05) is 31.2 Å². The largest absolute Gasteiger partial charge is 0.352 e. The summed E-state index contributed by atoms with van der Waals surface area (Å²) in [5.74, 6) is -0.255. The highest BCUT2D eigenvalue weighted by atomic mass is 19.1. The Balaban J connectivity index is 1.43. The molecule has 0 unspecified atom stereocenters. The lowest BCUT2D eigenvalue weighted by Gasteiger charge is -2.32. The van der Waals surface area contributed by atoms with Crippen molar-refractivity contribution >= 4 is 5.91 Å². The zero-order valence-electron chi connectivity index (χ0n) is 12.7. The molecule has 1 aromatic heterocycles. The number of carbonyl (C=O) groups is 1. The third-order valence-electron chi connectivity index (χ3n) is 4.00. The zero-order chi connectivity index (χ0) is 16.1. The second kappa shape index (κ2) is 7.28. The van der Waals surface area contributed by atoms with Crippen molar-refractivity contribution in [3.8, 4) is 0 Å². The minimum atomic E-state index is -0.163. The fraction of sp³-hybridized carbons (Fsp3) is 0.467. The van der Waals surface area contributed by atoms with E-state index in [1.807, 2.05) is 12.1 Å². The van der Waals surface area contributed by atoms with E-state index in [0.29, 0.717) is 12.1 Å². The Hall–Kier alpha value is -2.35. The van der Waals surface area contributed by atoms with Crippen LogP contribution in [0, 0.1) is 5.82 Å². The van der Waals surface area contributed by atoms with E-state index in [0.717, 1.165) is 25.9 Å². The van der Waals surface area contributed by atoms with Crippen LogP contribution in [0.1, 0.15) is 18.4 Å². The number of hydrogen-bond donors (Lipinski definition) is 1. The molecule has 3 rings (SSSR count). The molecule has 1 N–H and O–H groups in total.